The largest absolute Gasteiger partial charge is 0.261 e. The second kappa shape index (κ2) is 3.91. The van der Waals surface area contributed by atoms with E-state index < -0.39 is 0 Å². The summed E-state index contributed by atoms with van der Waals surface area (Å²) in [7, 11) is 0. The Morgan fingerprint density at radius 3 is 2.73 bits per heavy atom. The van der Waals surface area contributed by atoms with Gasteiger partial charge in [-0.25, -0.2) is 0 Å². The van der Waals surface area contributed by atoms with Crippen LogP contribution in [-0.4, -0.2) is 6.21 Å². The van der Waals surface area contributed by atoms with Crippen LogP contribution in [0.25, 0.3) is 0 Å². The highest BCUT2D eigenvalue weighted by Gasteiger charge is 2.09. The lowest BCUT2D eigenvalue weighted by Gasteiger charge is -1.93. The molecular weight excluding hydrogens is 134 g/mol. The summed E-state index contributed by atoms with van der Waals surface area (Å²) < 4.78 is 0. The Bertz CT molecular complexity index is 221. The maximum absolute atomic E-state index is 4.26. The van der Waals surface area contributed by atoms with Crippen LogP contribution in [0.15, 0.2) is 41.6 Å². The Labute approximate surface area is 67.8 Å². The highest BCUT2D eigenvalue weighted by atomic mass is 14.7. The molecule has 0 saturated heterocycles. The molecule has 0 spiro atoms. The first kappa shape index (κ1) is 7.99. The smallest absolute Gasteiger partial charge is 0.0435 e. The van der Waals surface area contributed by atoms with Gasteiger partial charge in [0, 0.05) is 11.9 Å². The topological polar surface area (TPSA) is 12.4 Å². The number of allylic oxidation sites excluding steroid dienone is 4. The van der Waals surface area contributed by atoms with Gasteiger partial charge in [-0.05, 0) is 24.8 Å². The first-order valence-corrected chi connectivity index (χ1v) is 3.88. The van der Waals surface area contributed by atoms with E-state index in [0.717, 1.165) is 12.8 Å². The normalized spacial score (nSPS) is 17.8. The van der Waals surface area contributed by atoms with Crippen molar-refractivity contribution >= 4 is 6.21 Å². The number of nitrogens with zero attached hydrogens (tertiary/aromatic N) is 1. The number of rotatable bonds is 3. The molecule has 0 aromatic carbocycles. The predicted octanol–water partition coefficient (Wildman–Crippen LogP) is 2.87. The highest BCUT2D eigenvalue weighted by molar-refractivity contribution is 5.71. The Hall–Kier alpha value is -1.11. The molecule has 0 aliphatic heterocycles. The van der Waals surface area contributed by atoms with E-state index >= 15 is 0 Å². The second-order valence-corrected chi connectivity index (χ2v) is 2.54. The molecule has 0 aromatic rings. The Kier molecular flexibility index (Phi) is 2.84. The third-order valence-corrected chi connectivity index (χ3v) is 1.81. The van der Waals surface area contributed by atoms with Crippen LogP contribution in [0.4, 0.5) is 0 Å². The van der Waals surface area contributed by atoms with Gasteiger partial charge < -0.3 is 0 Å². The molecule has 11 heavy (non-hydrogen) atoms. The molecule has 0 heterocycles. The molecule has 0 radical (unpaired) electrons. The molecule has 1 nitrogen and oxygen atoms in total. The van der Waals surface area contributed by atoms with Gasteiger partial charge in [0.05, 0.1) is 0 Å². The minimum Gasteiger partial charge on any atom is -0.261 e. The standard InChI is InChI=1S/C10H13N/c1-3-8-11-10-7-5-6-9(10)4-2/h3-4,8H,1-2,5-7H2. The van der Waals surface area contributed by atoms with E-state index in [-0.39, 0.29) is 0 Å². The van der Waals surface area contributed by atoms with Crippen LogP contribution in [0.3, 0.4) is 0 Å². The molecule has 1 aliphatic carbocycles. The van der Waals surface area contributed by atoms with E-state index in [4.69, 9.17) is 0 Å². The third kappa shape index (κ3) is 1.90. The van der Waals surface area contributed by atoms with Crippen molar-refractivity contribution in [1.29, 1.82) is 0 Å². The Morgan fingerprint density at radius 1 is 1.27 bits per heavy atom. The molecule has 1 heteroatoms. The fourth-order valence-corrected chi connectivity index (χ4v) is 1.26. The summed E-state index contributed by atoms with van der Waals surface area (Å²) in [5.74, 6) is 0. The van der Waals surface area contributed by atoms with Gasteiger partial charge in [-0.3, -0.25) is 4.99 Å². The van der Waals surface area contributed by atoms with Crippen LogP contribution >= 0.6 is 0 Å². The minimum absolute atomic E-state index is 1.09. The van der Waals surface area contributed by atoms with Gasteiger partial charge in [0.1, 0.15) is 0 Å². The van der Waals surface area contributed by atoms with Gasteiger partial charge in [0.2, 0.25) is 0 Å². The predicted molar refractivity (Wildman–Crippen MR) is 49.8 cm³/mol. The molecule has 1 aliphatic rings. The Balaban J connectivity index is 2.74. The van der Waals surface area contributed by atoms with Crippen LogP contribution in [-0.2, 0) is 0 Å². The van der Waals surface area contributed by atoms with Gasteiger partial charge in [-0.15, -0.1) is 0 Å². The fourth-order valence-electron chi connectivity index (χ4n) is 1.26. The fraction of sp³-hybridized carbons (Fsp3) is 0.300. The summed E-state index contributed by atoms with van der Waals surface area (Å²) >= 11 is 0. The lowest BCUT2D eigenvalue weighted by Crippen LogP contribution is -1.75. The van der Waals surface area contributed by atoms with Crippen LogP contribution < -0.4 is 0 Å². The Morgan fingerprint density at radius 2 is 2.09 bits per heavy atom. The van der Waals surface area contributed by atoms with E-state index in [1.807, 2.05) is 6.08 Å². The molecule has 0 bridgehead atoms. The van der Waals surface area contributed by atoms with Crippen molar-refractivity contribution in [3.8, 4) is 0 Å². The molecular formula is C10H13N. The summed E-state index contributed by atoms with van der Waals surface area (Å²) in [5.41, 5.74) is 2.48. The summed E-state index contributed by atoms with van der Waals surface area (Å²) in [5, 5.41) is 0. The molecule has 0 aromatic heterocycles. The first-order valence-electron chi connectivity index (χ1n) is 3.88. The molecule has 0 N–H and O–H groups in total. The van der Waals surface area contributed by atoms with Crippen molar-refractivity contribution in [3.63, 3.8) is 0 Å². The molecule has 0 amide bonds. The van der Waals surface area contributed by atoms with Crippen LogP contribution in [0.2, 0.25) is 0 Å². The minimum atomic E-state index is 1.09. The maximum Gasteiger partial charge on any atom is 0.0435 e. The van der Waals surface area contributed by atoms with Crippen molar-refractivity contribution in [2.24, 2.45) is 4.99 Å². The number of aliphatic imine (C=N–C) groups is 1. The monoisotopic (exact) mass is 147 g/mol. The van der Waals surface area contributed by atoms with Gasteiger partial charge in [-0.1, -0.05) is 25.3 Å². The van der Waals surface area contributed by atoms with Gasteiger partial charge in [-0.2, -0.15) is 0 Å². The lowest BCUT2D eigenvalue weighted by molar-refractivity contribution is 0.895. The van der Waals surface area contributed by atoms with E-state index in [2.05, 4.69) is 18.2 Å². The molecule has 0 atom stereocenters. The van der Waals surface area contributed by atoms with E-state index in [1.165, 1.54) is 17.7 Å². The van der Waals surface area contributed by atoms with Crippen molar-refractivity contribution in [2.75, 3.05) is 0 Å². The lowest BCUT2D eigenvalue weighted by atomic mass is 10.2. The van der Waals surface area contributed by atoms with E-state index in [1.54, 1.807) is 12.3 Å². The average Bonchev–Trinajstić information content (AvgIpc) is 2.47. The first-order chi connectivity index (χ1) is 5.38. The number of hydrogen-bond donors (Lipinski definition) is 0. The zero-order valence-electron chi connectivity index (χ0n) is 6.71. The van der Waals surface area contributed by atoms with E-state index in [0.29, 0.717) is 0 Å². The van der Waals surface area contributed by atoms with Gasteiger partial charge >= 0.3 is 0 Å². The molecule has 0 unspecified atom stereocenters. The zero-order valence-corrected chi connectivity index (χ0v) is 6.71. The van der Waals surface area contributed by atoms with Crippen LogP contribution in [0.5, 0.6) is 0 Å². The van der Waals surface area contributed by atoms with Crippen molar-refractivity contribution in [1.82, 2.24) is 0 Å². The number of hydrogen-bond acceptors (Lipinski definition) is 1. The van der Waals surface area contributed by atoms with Crippen molar-refractivity contribution in [3.05, 3.63) is 36.6 Å². The SMILES string of the molecule is C=CC=NC1=C(C=C)CCC1. The summed E-state index contributed by atoms with van der Waals surface area (Å²) in [4.78, 5) is 4.26. The van der Waals surface area contributed by atoms with E-state index in [9.17, 15) is 0 Å². The highest BCUT2D eigenvalue weighted by Crippen LogP contribution is 2.26. The quantitative estimate of drug-likeness (QED) is 0.544. The molecule has 1 rings (SSSR count). The third-order valence-electron chi connectivity index (χ3n) is 1.81. The zero-order chi connectivity index (χ0) is 8.10. The summed E-state index contributed by atoms with van der Waals surface area (Å²) in [6.07, 6.45) is 8.78. The molecule has 58 valence electrons. The second-order valence-electron chi connectivity index (χ2n) is 2.54. The summed E-state index contributed by atoms with van der Waals surface area (Å²) in [6, 6.07) is 0. The molecule has 0 saturated carbocycles. The van der Waals surface area contributed by atoms with Crippen molar-refractivity contribution in [2.45, 2.75) is 19.3 Å². The average molecular weight is 147 g/mol. The summed E-state index contributed by atoms with van der Waals surface area (Å²) in [6.45, 7) is 7.32. The van der Waals surface area contributed by atoms with Gasteiger partial charge in [0.15, 0.2) is 0 Å². The van der Waals surface area contributed by atoms with Gasteiger partial charge in [0.25, 0.3) is 0 Å². The van der Waals surface area contributed by atoms with Crippen LogP contribution in [0.1, 0.15) is 19.3 Å². The maximum atomic E-state index is 4.26. The van der Waals surface area contributed by atoms with Crippen molar-refractivity contribution < 1.29 is 0 Å². The molecule has 0 fully saturated rings. The van der Waals surface area contributed by atoms with Crippen LogP contribution in [0, 0.1) is 0 Å².